The van der Waals surface area contributed by atoms with Crippen LogP contribution in [0, 0.1) is 5.92 Å². The molecular formula is C14H20N2O2. The van der Waals surface area contributed by atoms with Gasteiger partial charge >= 0.3 is 0 Å². The van der Waals surface area contributed by atoms with Crippen LogP contribution in [0.5, 0.6) is 11.5 Å². The van der Waals surface area contributed by atoms with Crippen molar-refractivity contribution in [1.29, 1.82) is 0 Å². The molecule has 3 rings (SSSR count). The summed E-state index contributed by atoms with van der Waals surface area (Å²) in [5.41, 5.74) is 1.23. The number of piperazine rings is 1. The van der Waals surface area contributed by atoms with Crippen LogP contribution in [0.3, 0.4) is 0 Å². The highest BCUT2D eigenvalue weighted by Crippen LogP contribution is 2.35. The smallest absolute Gasteiger partial charge is 0.231 e. The van der Waals surface area contributed by atoms with Gasteiger partial charge in [0.25, 0.3) is 0 Å². The zero-order valence-electron chi connectivity index (χ0n) is 11.0. The Morgan fingerprint density at radius 1 is 1.28 bits per heavy atom. The molecule has 1 unspecified atom stereocenters. The third-order valence-corrected chi connectivity index (χ3v) is 3.73. The van der Waals surface area contributed by atoms with E-state index in [-0.39, 0.29) is 0 Å². The fourth-order valence-electron chi connectivity index (χ4n) is 2.54. The minimum atomic E-state index is 0.342. The minimum Gasteiger partial charge on any atom is -0.454 e. The van der Waals surface area contributed by atoms with Gasteiger partial charge < -0.3 is 19.7 Å². The van der Waals surface area contributed by atoms with Crippen LogP contribution in [-0.2, 0) is 0 Å². The molecule has 0 aliphatic carbocycles. The Balaban J connectivity index is 1.78. The number of nitrogens with zero attached hydrogens (tertiary/aromatic N) is 1. The first kappa shape index (κ1) is 11.7. The highest BCUT2D eigenvalue weighted by atomic mass is 16.7. The second-order valence-electron chi connectivity index (χ2n) is 5.29. The van der Waals surface area contributed by atoms with Gasteiger partial charge in [0.2, 0.25) is 6.79 Å². The van der Waals surface area contributed by atoms with E-state index in [1.165, 1.54) is 5.69 Å². The molecule has 0 saturated carbocycles. The lowest BCUT2D eigenvalue weighted by Crippen LogP contribution is -2.52. The molecule has 2 aliphatic rings. The van der Waals surface area contributed by atoms with E-state index in [2.05, 4.69) is 36.2 Å². The van der Waals surface area contributed by atoms with E-state index in [9.17, 15) is 0 Å². The van der Waals surface area contributed by atoms with Crippen LogP contribution in [0.25, 0.3) is 0 Å². The molecule has 4 heteroatoms. The van der Waals surface area contributed by atoms with Crippen molar-refractivity contribution in [1.82, 2.24) is 5.32 Å². The van der Waals surface area contributed by atoms with Crippen LogP contribution in [0.4, 0.5) is 5.69 Å². The van der Waals surface area contributed by atoms with E-state index in [4.69, 9.17) is 9.47 Å². The SMILES string of the molecule is CC(C)C1CN(c2ccc3c(c2)OCO3)CCN1. The second-order valence-corrected chi connectivity index (χ2v) is 5.29. The summed E-state index contributed by atoms with van der Waals surface area (Å²) in [5.74, 6) is 2.38. The highest BCUT2D eigenvalue weighted by Gasteiger charge is 2.23. The van der Waals surface area contributed by atoms with Gasteiger partial charge in [0.1, 0.15) is 0 Å². The third kappa shape index (κ3) is 2.12. The summed E-state index contributed by atoms with van der Waals surface area (Å²) in [6.45, 7) is 8.01. The summed E-state index contributed by atoms with van der Waals surface area (Å²) >= 11 is 0. The minimum absolute atomic E-state index is 0.342. The maximum Gasteiger partial charge on any atom is 0.231 e. The van der Waals surface area contributed by atoms with Crippen molar-refractivity contribution >= 4 is 5.69 Å². The lowest BCUT2D eigenvalue weighted by atomic mass is 10.0. The Kier molecular flexibility index (Phi) is 3.04. The van der Waals surface area contributed by atoms with E-state index in [0.29, 0.717) is 18.8 Å². The monoisotopic (exact) mass is 248 g/mol. The molecular weight excluding hydrogens is 228 g/mol. The normalized spacial score (nSPS) is 22.6. The van der Waals surface area contributed by atoms with Crippen LogP contribution in [-0.4, -0.2) is 32.5 Å². The summed E-state index contributed by atoms with van der Waals surface area (Å²) in [6, 6.07) is 6.77. The molecule has 0 aromatic heterocycles. The maximum atomic E-state index is 5.44. The summed E-state index contributed by atoms with van der Waals surface area (Å²) in [7, 11) is 0. The maximum absolute atomic E-state index is 5.44. The van der Waals surface area contributed by atoms with Gasteiger partial charge in [0, 0.05) is 37.4 Å². The van der Waals surface area contributed by atoms with Gasteiger partial charge in [0.15, 0.2) is 11.5 Å². The van der Waals surface area contributed by atoms with Gasteiger partial charge in [-0.1, -0.05) is 13.8 Å². The fourth-order valence-corrected chi connectivity index (χ4v) is 2.54. The number of ether oxygens (including phenoxy) is 2. The molecule has 18 heavy (non-hydrogen) atoms. The Labute approximate surface area is 108 Å². The van der Waals surface area contributed by atoms with Crippen LogP contribution in [0.1, 0.15) is 13.8 Å². The molecule has 4 nitrogen and oxygen atoms in total. The largest absolute Gasteiger partial charge is 0.454 e. The third-order valence-electron chi connectivity index (χ3n) is 3.73. The quantitative estimate of drug-likeness (QED) is 0.866. The number of fused-ring (bicyclic) bond motifs is 1. The Morgan fingerprint density at radius 3 is 2.94 bits per heavy atom. The van der Waals surface area contributed by atoms with Crippen molar-refractivity contribution in [3.05, 3.63) is 18.2 Å². The van der Waals surface area contributed by atoms with E-state index >= 15 is 0 Å². The molecule has 2 aliphatic heterocycles. The number of hydrogen-bond acceptors (Lipinski definition) is 4. The van der Waals surface area contributed by atoms with E-state index in [1.807, 2.05) is 6.07 Å². The first-order chi connectivity index (χ1) is 8.74. The number of nitrogens with one attached hydrogen (secondary N) is 1. The zero-order chi connectivity index (χ0) is 12.5. The standard InChI is InChI=1S/C14H20N2O2/c1-10(2)12-8-16(6-5-15-12)11-3-4-13-14(7-11)18-9-17-13/h3-4,7,10,12,15H,5-6,8-9H2,1-2H3. The van der Waals surface area contributed by atoms with E-state index in [0.717, 1.165) is 31.1 Å². The first-order valence-corrected chi connectivity index (χ1v) is 6.62. The van der Waals surface area contributed by atoms with Gasteiger partial charge in [-0.3, -0.25) is 0 Å². The Hall–Kier alpha value is -1.42. The van der Waals surface area contributed by atoms with Crippen molar-refractivity contribution in [2.75, 3.05) is 31.3 Å². The van der Waals surface area contributed by atoms with Crippen LogP contribution < -0.4 is 19.7 Å². The second kappa shape index (κ2) is 4.69. The molecule has 1 fully saturated rings. The van der Waals surface area contributed by atoms with Gasteiger partial charge in [-0.15, -0.1) is 0 Å². The summed E-state index contributed by atoms with van der Waals surface area (Å²) < 4.78 is 10.8. The number of hydrogen-bond donors (Lipinski definition) is 1. The van der Waals surface area contributed by atoms with Crippen LogP contribution >= 0.6 is 0 Å². The van der Waals surface area contributed by atoms with Crippen molar-refractivity contribution in [2.24, 2.45) is 5.92 Å². The van der Waals surface area contributed by atoms with E-state index in [1.54, 1.807) is 0 Å². The molecule has 2 heterocycles. The summed E-state index contributed by atoms with van der Waals surface area (Å²) in [6.07, 6.45) is 0. The van der Waals surface area contributed by atoms with Crippen molar-refractivity contribution in [3.8, 4) is 11.5 Å². The first-order valence-electron chi connectivity index (χ1n) is 6.62. The Morgan fingerprint density at radius 2 is 2.11 bits per heavy atom. The average molecular weight is 248 g/mol. The molecule has 1 aromatic carbocycles. The van der Waals surface area contributed by atoms with Gasteiger partial charge in [-0.05, 0) is 18.1 Å². The van der Waals surface area contributed by atoms with Crippen LogP contribution in [0.15, 0.2) is 18.2 Å². The lowest BCUT2D eigenvalue weighted by Gasteiger charge is -2.37. The predicted octanol–water partition coefficient (Wildman–Crippen LogP) is 1.85. The topological polar surface area (TPSA) is 33.7 Å². The van der Waals surface area contributed by atoms with Crippen molar-refractivity contribution < 1.29 is 9.47 Å². The number of anilines is 1. The Bertz CT molecular complexity index is 434. The van der Waals surface area contributed by atoms with Crippen molar-refractivity contribution in [2.45, 2.75) is 19.9 Å². The van der Waals surface area contributed by atoms with E-state index < -0.39 is 0 Å². The number of benzene rings is 1. The predicted molar refractivity (Wildman–Crippen MR) is 71.4 cm³/mol. The molecule has 0 amide bonds. The molecule has 0 bridgehead atoms. The lowest BCUT2D eigenvalue weighted by molar-refractivity contribution is 0.174. The van der Waals surface area contributed by atoms with Crippen LogP contribution in [0.2, 0.25) is 0 Å². The van der Waals surface area contributed by atoms with Crippen molar-refractivity contribution in [3.63, 3.8) is 0 Å². The molecule has 1 aromatic rings. The highest BCUT2D eigenvalue weighted by molar-refractivity contribution is 5.57. The fraction of sp³-hybridized carbons (Fsp3) is 0.571. The zero-order valence-corrected chi connectivity index (χ0v) is 11.0. The van der Waals surface area contributed by atoms with Gasteiger partial charge in [0.05, 0.1) is 0 Å². The summed E-state index contributed by atoms with van der Waals surface area (Å²) in [4.78, 5) is 2.42. The average Bonchev–Trinajstić information content (AvgIpc) is 2.86. The summed E-state index contributed by atoms with van der Waals surface area (Å²) in [5, 5.41) is 3.57. The number of rotatable bonds is 2. The molecule has 0 radical (unpaired) electrons. The van der Waals surface area contributed by atoms with Gasteiger partial charge in [-0.2, -0.15) is 0 Å². The molecule has 1 N–H and O–H groups in total. The molecule has 1 atom stereocenters. The van der Waals surface area contributed by atoms with Gasteiger partial charge in [-0.25, -0.2) is 0 Å². The molecule has 98 valence electrons. The molecule has 1 saturated heterocycles. The molecule has 0 spiro atoms.